The Labute approximate surface area is 109 Å². The highest BCUT2D eigenvalue weighted by Gasteiger charge is 2.14. The summed E-state index contributed by atoms with van der Waals surface area (Å²) in [6.45, 7) is 3.95. The van der Waals surface area contributed by atoms with Crippen LogP contribution in [0.25, 0.3) is 0 Å². The lowest BCUT2D eigenvalue weighted by atomic mass is 10.1. The van der Waals surface area contributed by atoms with E-state index in [9.17, 15) is 14.7 Å². The zero-order valence-corrected chi connectivity index (χ0v) is 11.0. The fourth-order valence-corrected chi connectivity index (χ4v) is 1.80. The number of thioether (sulfide) groups is 1. The van der Waals surface area contributed by atoms with Gasteiger partial charge in [-0.3, -0.25) is 4.79 Å². The number of phenols is 1. The number of aromatic carboxylic acids is 1. The van der Waals surface area contributed by atoms with Crippen molar-refractivity contribution in [2.24, 2.45) is 0 Å². The van der Waals surface area contributed by atoms with Crippen molar-refractivity contribution in [2.45, 2.75) is 19.1 Å². The number of anilines is 1. The van der Waals surface area contributed by atoms with E-state index in [1.807, 2.05) is 13.8 Å². The lowest BCUT2D eigenvalue weighted by molar-refractivity contribution is -0.113. The largest absolute Gasteiger partial charge is 0.505 e. The lowest BCUT2D eigenvalue weighted by Crippen LogP contribution is -2.15. The number of aromatic hydroxyl groups is 1. The van der Waals surface area contributed by atoms with Gasteiger partial charge in [0.1, 0.15) is 5.56 Å². The summed E-state index contributed by atoms with van der Waals surface area (Å²) in [5.74, 6) is -1.67. The van der Waals surface area contributed by atoms with Gasteiger partial charge in [-0.15, -0.1) is 11.8 Å². The summed E-state index contributed by atoms with van der Waals surface area (Å²) in [6.07, 6.45) is 0. The Balaban J connectivity index is 2.76. The van der Waals surface area contributed by atoms with Gasteiger partial charge in [-0.1, -0.05) is 19.9 Å². The molecular formula is C12H15NO4S. The van der Waals surface area contributed by atoms with Gasteiger partial charge in [-0.25, -0.2) is 4.79 Å². The van der Waals surface area contributed by atoms with Crippen molar-refractivity contribution < 1.29 is 19.8 Å². The molecule has 18 heavy (non-hydrogen) atoms. The Hall–Kier alpha value is -1.69. The van der Waals surface area contributed by atoms with E-state index in [0.29, 0.717) is 5.25 Å². The topological polar surface area (TPSA) is 86.6 Å². The molecule has 0 unspecified atom stereocenters. The first kappa shape index (κ1) is 14.4. The van der Waals surface area contributed by atoms with E-state index in [2.05, 4.69) is 5.32 Å². The minimum Gasteiger partial charge on any atom is -0.505 e. The molecule has 5 nitrogen and oxygen atoms in total. The number of carbonyl (C=O) groups is 2. The maximum absolute atomic E-state index is 11.6. The normalized spacial score (nSPS) is 10.4. The number of nitrogens with one attached hydrogen (secondary N) is 1. The van der Waals surface area contributed by atoms with Gasteiger partial charge in [-0.2, -0.15) is 0 Å². The lowest BCUT2D eigenvalue weighted by Gasteiger charge is -2.09. The summed E-state index contributed by atoms with van der Waals surface area (Å²) in [6, 6.07) is 4.20. The van der Waals surface area contributed by atoms with Gasteiger partial charge >= 0.3 is 5.97 Å². The third-order valence-electron chi connectivity index (χ3n) is 2.09. The van der Waals surface area contributed by atoms with Crippen LogP contribution in [-0.4, -0.2) is 33.1 Å². The molecule has 0 bridgehead atoms. The SMILES string of the molecule is CC(C)SCC(=O)Nc1cccc(C(=O)O)c1O. The van der Waals surface area contributed by atoms with Crippen molar-refractivity contribution in [3.8, 4) is 5.75 Å². The number of carboxylic acids is 1. The number of para-hydroxylation sites is 1. The van der Waals surface area contributed by atoms with E-state index in [4.69, 9.17) is 5.11 Å². The van der Waals surface area contributed by atoms with E-state index in [-0.39, 0.29) is 22.9 Å². The number of carboxylic acid groups (broad SMARTS) is 1. The Morgan fingerprint density at radius 2 is 2.06 bits per heavy atom. The molecule has 0 aliphatic carbocycles. The molecule has 0 aromatic heterocycles. The van der Waals surface area contributed by atoms with E-state index in [1.54, 1.807) is 0 Å². The summed E-state index contributed by atoms with van der Waals surface area (Å²) >= 11 is 1.46. The summed E-state index contributed by atoms with van der Waals surface area (Å²) in [4.78, 5) is 22.4. The predicted octanol–water partition coefficient (Wildman–Crippen LogP) is 2.17. The van der Waals surface area contributed by atoms with Crippen LogP contribution in [0.2, 0.25) is 0 Å². The zero-order valence-electron chi connectivity index (χ0n) is 10.1. The number of benzene rings is 1. The molecule has 0 atom stereocenters. The number of rotatable bonds is 5. The van der Waals surface area contributed by atoms with Gasteiger partial charge in [0.2, 0.25) is 5.91 Å². The van der Waals surface area contributed by atoms with Crippen molar-refractivity contribution in [1.82, 2.24) is 0 Å². The van der Waals surface area contributed by atoms with Crippen LogP contribution in [0.4, 0.5) is 5.69 Å². The zero-order chi connectivity index (χ0) is 13.7. The molecular weight excluding hydrogens is 254 g/mol. The minimum atomic E-state index is -1.24. The average molecular weight is 269 g/mol. The summed E-state index contributed by atoms with van der Waals surface area (Å²) in [5, 5.41) is 21.3. The van der Waals surface area contributed by atoms with Crippen molar-refractivity contribution in [3.63, 3.8) is 0 Å². The van der Waals surface area contributed by atoms with Crippen molar-refractivity contribution in [1.29, 1.82) is 0 Å². The molecule has 98 valence electrons. The monoisotopic (exact) mass is 269 g/mol. The van der Waals surface area contributed by atoms with Gasteiger partial charge in [-0.05, 0) is 17.4 Å². The number of hydrogen-bond donors (Lipinski definition) is 3. The summed E-state index contributed by atoms with van der Waals surface area (Å²) < 4.78 is 0. The quantitative estimate of drug-likeness (QED) is 0.713. The van der Waals surface area contributed by atoms with Crippen LogP contribution in [0.5, 0.6) is 5.75 Å². The first-order valence-corrected chi connectivity index (χ1v) is 6.43. The second kappa shape index (κ2) is 6.30. The van der Waals surface area contributed by atoms with Crippen LogP contribution < -0.4 is 5.32 Å². The molecule has 0 heterocycles. The first-order chi connectivity index (χ1) is 8.41. The third-order valence-corrected chi connectivity index (χ3v) is 3.18. The predicted molar refractivity (Wildman–Crippen MR) is 71.3 cm³/mol. The Bertz CT molecular complexity index is 459. The average Bonchev–Trinajstić information content (AvgIpc) is 2.29. The fraction of sp³-hybridized carbons (Fsp3) is 0.333. The summed E-state index contributed by atoms with van der Waals surface area (Å²) in [5.41, 5.74) is -0.117. The van der Waals surface area contributed by atoms with Crippen molar-refractivity contribution in [3.05, 3.63) is 23.8 Å². The highest BCUT2D eigenvalue weighted by molar-refractivity contribution is 8.00. The molecule has 1 aromatic carbocycles. The molecule has 0 saturated carbocycles. The van der Waals surface area contributed by atoms with E-state index < -0.39 is 11.7 Å². The maximum Gasteiger partial charge on any atom is 0.339 e. The summed E-state index contributed by atoms with van der Waals surface area (Å²) in [7, 11) is 0. The van der Waals surface area contributed by atoms with Crippen molar-refractivity contribution >= 4 is 29.3 Å². The molecule has 1 rings (SSSR count). The number of hydrogen-bond acceptors (Lipinski definition) is 4. The molecule has 0 radical (unpaired) electrons. The smallest absolute Gasteiger partial charge is 0.339 e. The Kier molecular flexibility index (Phi) is 5.03. The van der Waals surface area contributed by atoms with E-state index in [0.717, 1.165) is 0 Å². The molecule has 1 amide bonds. The Morgan fingerprint density at radius 1 is 1.39 bits per heavy atom. The molecule has 0 spiro atoms. The van der Waals surface area contributed by atoms with Gasteiger partial charge in [0.25, 0.3) is 0 Å². The minimum absolute atomic E-state index is 0.115. The fourth-order valence-electron chi connectivity index (χ4n) is 1.25. The number of amides is 1. The van der Waals surface area contributed by atoms with Crippen LogP contribution in [0.1, 0.15) is 24.2 Å². The van der Waals surface area contributed by atoms with Crippen molar-refractivity contribution in [2.75, 3.05) is 11.1 Å². The van der Waals surface area contributed by atoms with Crippen LogP contribution >= 0.6 is 11.8 Å². The van der Waals surface area contributed by atoms with Gasteiger partial charge in [0.05, 0.1) is 11.4 Å². The van der Waals surface area contributed by atoms with Crippen LogP contribution in [0.15, 0.2) is 18.2 Å². The highest BCUT2D eigenvalue weighted by atomic mass is 32.2. The first-order valence-electron chi connectivity index (χ1n) is 5.38. The highest BCUT2D eigenvalue weighted by Crippen LogP contribution is 2.27. The van der Waals surface area contributed by atoms with E-state index in [1.165, 1.54) is 30.0 Å². The van der Waals surface area contributed by atoms with Crippen LogP contribution in [-0.2, 0) is 4.79 Å². The van der Waals surface area contributed by atoms with Gasteiger partial charge in [0, 0.05) is 0 Å². The van der Waals surface area contributed by atoms with Crippen LogP contribution in [0.3, 0.4) is 0 Å². The molecule has 0 aliphatic heterocycles. The second-order valence-electron chi connectivity index (χ2n) is 3.91. The standard InChI is InChI=1S/C12H15NO4S/c1-7(2)18-6-10(14)13-9-5-3-4-8(11(9)15)12(16)17/h3-5,7,15H,6H2,1-2H3,(H,13,14)(H,16,17). The number of carbonyl (C=O) groups excluding carboxylic acids is 1. The van der Waals surface area contributed by atoms with Gasteiger partial charge in [0.15, 0.2) is 5.75 Å². The molecule has 6 heteroatoms. The van der Waals surface area contributed by atoms with E-state index >= 15 is 0 Å². The second-order valence-corrected chi connectivity index (χ2v) is 5.48. The Morgan fingerprint density at radius 3 is 2.61 bits per heavy atom. The molecule has 0 saturated heterocycles. The molecule has 0 fully saturated rings. The molecule has 3 N–H and O–H groups in total. The molecule has 0 aliphatic rings. The maximum atomic E-state index is 11.6. The van der Waals surface area contributed by atoms with Crippen LogP contribution in [0, 0.1) is 0 Å². The third kappa shape index (κ3) is 3.96. The molecule has 1 aromatic rings. The van der Waals surface area contributed by atoms with Gasteiger partial charge < -0.3 is 15.5 Å².